The van der Waals surface area contributed by atoms with Gasteiger partial charge >= 0.3 is 19.5 Å². The Morgan fingerprint density at radius 3 is 2.17 bits per heavy atom. The molecule has 0 unspecified atom stereocenters. The second kappa shape index (κ2) is 4.20. The second-order valence-corrected chi connectivity index (χ2v) is 3.73. The SMILES string of the molecule is O=C(O)C(=O)NCCP(=O)(O)O. The summed E-state index contributed by atoms with van der Waals surface area (Å²) in [5.41, 5.74) is 0. The lowest BCUT2D eigenvalue weighted by Crippen LogP contribution is -2.32. The van der Waals surface area contributed by atoms with Crippen LogP contribution in [0, 0.1) is 0 Å². The van der Waals surface area contributed by atoms with Gasteiger partial charge in [-0.2, -0.15) is 0 Å². The molecular formula is C4H8NO6P. The minimum Gasteiger partial charge on any atom is -0.474 e. The number of carboxylic acids is 1. The van der Waals surface area contributed by atoms with Crippen molar-refractivity contribution in [3.8, 4) is 0 Å². The van der Waals surface area contributed by atoms with Gasteiger partial charge in [0, 0.05) is 6.54 Å². The fourth-order valence-electron chi connectivity index (χ4n) is 0.391. The standard InChI is InChI=1S/C4H8NO6P/c6-3(4(7)8)5-1-2-12(9,10)11/h1-2H2,(H,5,6)(H,7,8)(H2,9,10,11). The van der Waals surface area contributed by atoms with E-state index in [4.69, 9.17) is 14.9 Å². The van der Waals surface area contributed by atoms with Gasteiger partial charge in [-0.3, -0.25) is 9.36 Å². The van der Waals surface area contributed by atoms with Crippen molar-refractivity contribution in [2.75, 3.05) is 12.7 Å². The van der Waals surface area contributed by atoms with Crippen LogP contribution in [0.5, 0.6) is 0 Å². The highest BCUT2D eigenvalue weighted by Gasteiger charge is 2.15. The van der Waals surface area contributed by atoms with E-state index in [0.29, 0.717) is 0 Å². The first-order valence-electron chi connectivity index (χ1n) is 2.88. The summed E-state index contributed by atoms with van der Waals surface area (Å²) in [5, 5.41) is 9.81. The van der Waals surface area contributed by atoms with E-state index in [9.17, 15) is 14.2 Å². The van der Waals surface area contributed by atoms with Gasteiger partial charge in [-0.05, 0) is 0 Å². The van der Waals surface area contributed by atoms with Gasteiger partial charge in [0.05, 0.1) is 6.16 Å². The van der Waals surface area contributed by atoms with Gasteiger partial charge in [0.15, 0.2) is 0 Å². The molecule has 0 saturated carbocycles. The van der Waals surface area contributed by atoms with Gasteiger partial charge in [0.25, 0.3) is 0 Å². The smallest absolute Gasteiger partial charge is 0.394 e. The van der Waals surface area contributed by atoms with Gasteiger partial charge in [0.1, 0.15) is 0 Å². The van der Waals surface area contributed by atoms with Crippen LogP contribution in [0.4, 0.5) is 0 Å². The summed E-state index contributed by atoms with van der Waals surface area (Å²) in [6.45, 7) is -0.352. The van der Waals surface area contributed by atoms with E-state index in [1.54, 1.807) is 0 Å². The van der Waals surface area contributed by atoms with Gasteiger partial charge in [0.2, 0.25) is 0 Å². The molecule has 0 aromatic rings. The van der Waals surface area contributed by atoms with Crippen LogP contribution >= 0.6 is 7.60 Å². The molecule has 0 fully saturated rings. The van der Waals surface area contributed by atoms with Crippen molar-refractivity contribution in [1.82, 2.24) is 5.32 Å². The molecule has 7 nitrogen and oxygen atoms in total. The summed E-state index contributed by atoms with van der Waals surface area (Å²) in [4.78, 5) is 36.7. The van der Waals surface area contributed by atoms with Crippen LogP contribution < -0.4 is 5.32 Å². The molecule has 0 saturated heterocycles. The Labute approximate surface area is 67.6 Å². The number of nitrogens with one attached hydrogen (secondary N) is 1. The molecule has 0 aliphatic carbocycles. The zero-order valence-electron chi connectivity index (χ0n) is 5.93. The van der Waals surface area contributed by atoms with Gasteiger partial charge in [-0.1, -0.05) is 0 Å². The van der Waals surface area contributed by atoms with Crippen molar-refractivity contribution >= 4 is 19.5 Å². The Morgan fingerprint density at radius 1 is 1.33 bits per heavy atom. The van der Waals surface area contributed by atoms with Crippen molar-refractivity contribution in [1.29, 1.82) is 0 Å². The zero-order valence-corrected chi connectivity index (χ0v) is 6.82. The summed E-state index contributed by atoms with van der Waals surface area (Å²) in [7, 11) is -4.16. The molecule has 0 aliphatic heterocycles. The van der Waals surface area contributed by atoms with Crippen molar-refractivity contribution in [2.45, 2.75) is 0 Å². The zero-order chi connectivity index (χ0) is 9.78. The van der Waals surface area contributed by atoms with E-state index in [-0.39, 0.29) is 6.54 Å². The number of hydrogen-bond acceptors (Lipinski definition) is 3. The largest absolute Gasteiger partial charge is 0.474 e. The summed E-state index contributed by atoms with van der Waals surface area (Å²) in [5.74, 6) is -2.95. The third-order valence-corrected chi connectivity index (χ3v) is 1.69. The van der Waals surface area contributed by atoms with Crippen LogP contribution in [0.15, 0.2) is 0 Å². The first kappa shape index (κ1) is 11.1. The Kier molecular flexibility index (Phi) is 3.88. The number of carbonyl (C=O) groups is 2. The predicted octanol–water partition coefficient (Wildman–Crippen LogP) is -1.64. The number of hydrogen-bond donors (Lipinski definition) is 4. The van der Waals surface area contributed by atoms with Crippen molar-refractivity contribution < 1.29 is 29.0 Å². The van der Waals surface area contributed by atoms with Crippen molar-refractivity contribution in [2.24, 2.45) is 0 Å². The van der Waals surface area contributed by atoms with Crippen LogP contribution in [0.25, 0.3) is 0 Å². The maximum absolute atomic E-state index is 10.3. The molecule has 8 heteroatoms. The molecule has 0 aromatic heterocycles. The predicted molar refractivity (Wildman–Crippen MR) is 37.6 cm³/mol. The molecule has 4 N–H and O–H groups in total. The summed E-state index contributed by atoms with van der Waals surface area (Å²) in [6, 6.07) is 0. The normalized spacial score (nSPS) is 10.8. The highest BCUT2D eigenvalue weighted by molar-refractivity contribution is 7.51. The molecule has 0 atom stereocenters. The molecule has 1 amide bonds. The van der Waals surface area contributed by atoms with Gasteiger partial charge < -0.3 is 20.2 Å². The maximum atomic E-state index is 10.3. The van der Waals surface area contributed by atoms with E-state index in [2.05, 4.69) is 0 Å². The monoisotopic (exact) mass is 197 g/mol. The minimum atomic E-state index is -4.16. The van der Waals surface area contributed by atoms with Crippen LogP contribution in [-0.4, -0.2) is 39.5 Å². The van der Waals surface area contributed by atoms with Gasteiger partial charge in [-0.25, -0.2) is 4.79 Å². The average molecular weight is 197 g/mol. The summed E-state index contributed by atoms with van der Waals surface area (Å²) < 4.78 is 10.2. The molecule has 0 aromatic carbocycles. The number of aliphatic carboxylic acids is 1. The van der Waals surface area contributed by atoms with Crippen molar-refractivity contribution in [3.05, 3.63) is 0 Å². The average Bonchev–Trinajstić information content (AvgIpc) is 1.84. The molecule has 0 heterocycles. The molecule has 70 valence electrons. The van der Waals surface area contributed by atoms with Crippen LogP contribution in [0.1, 0.15) is 0 Å². The first-order chi connectivity index (χ1) is 5.33. The van der Waals surface area contributed by atoms with Crippen LogP contribution in [0.3, 0.4) is 0 Å². The number of rotatable bonds is 3. The lowest BCUT2D eigenvalue weighted by Gasteiger charge is -2.03. The third kappa shape index (κ3) is 5.84. The van der Waals surface area contributed by atoms with E-state index in [1.807, 2.05) is 5.32 Å². The fraction of sp³-hybridized carbons (Fsp3) is 0.500. The number of amides is 1. The first-order valence-corrected chi connectivity index (χ1v) is 4.68. The fourth-order valence-corrected chi connectivity index (χ4v) is 0.794. The van der Waals surface area contributed by atoms with Crippen molar-refractivity contribution in [3.63, 3.8) is 0 Å². The highest BCUT2D eigenvalue weighted by atomic mass is 31.2. The molecule has 0 bridgehead atoms. The molecule has 0 rings (SSSR count). The Hall–Kier alpha value is -0.910. The van der Waals surface area contributed by atoms with Crippen LogP contribution in [0.2, 0.25) is 0 Å². The molecule has 12 heavy (non-hydrogen) atoms. The second-order valence-electron chi connectivity index (χ2n) is 1.95. The van der Waals surface area contributed by atoms with E-state index in [1.165, 1.54) is 0 Å². The lowest BCUT2D eigenvalue weighted by atomic mass is 10.6. The maximum Gasteiger partial charge on any atom is 0.394 e. The van der Waals surface area contributed by atoms with E-state index >= 15 is 0 Å². The Morgan fingerprint density at radius 2 is 1.83 bits per heavy atom. The third-order valence-electron chi connectivity index (χ3n) is 0.883. The Balaban J connectivity index is 3.65. The van der Waals surface area contributed by atoms with Crippen LogP contribution in [-0.2, 0) is 14.2 Å². The summed E-state index contributed by atoms with van der Waals surface area (Å²) in [6.07, 6.45) is -0.563. The van der Waals surface area contributed by atoms with E-state index in [0.717, 1.165) is 0 Å². The minimum absolute atomic E-state index is 0.352. The molecular weight excluding hydrogens is 189 g/mol. The van der Waals surface area contributed by atoms with Gasteiger partial charge in [-0.15, -0.1) is 0 Å². The molecule has 0 spiro atoms. The molecule has 0 radical (unpaired) electrons. The van der Waals surface area contributed by atoms with E-state index < -0.39 is 25.6 Å². The quantitative estimate of drug-likeness (QED) is 0.318. The summed E-state index contributed by atoms with van der Waals surface area (Å²) >= 11 is 0. The highest BCUT2D eigenvalue weighted by Crippen LogP contribution is 2.32. The number of carboxylic acid groups (broad SMARTS) is 1. The lowest BCUT2D eigenvalue weighted by molar-refractivity contribution is -0.150. The molecule has 0 aliphatic rings. The topological polar surface area (TPSA) is 124 Å². The Bertz CT molecular complexity index is 232. The number of carbonyl (C=O) groups excluding carboxylic acids is 1.